The van der Waals surface area contributed by atoms with Gasteiger partial charge in [0.25, 0.3) is 0 Å². The molecule has 3 unspecified atom stereocenters. The van der Waals surface area contributed by atoms with E-state index in [4.69, 9.17) is 0 Å². The molecule has 16 heavy (non-hydrogen) atoms. The zero-order valence-corrected chi connectivity index (χ0v) is 11.8. The van der Waals surface area contributed by atoms with Crippen molar-refractivity contribution in [3.63, 3.8) is 0 Å². The van der Waals surface area contributed by atoms with Crippen LogP contribution in [0.25, 0.3) is 0 Å². The first-order valence-corrected chi connectivity index (χ1v) is 6.91. The number of sulfone groups is 1. The van der Waals surface area contributed by atoms with E-state index in [0.29, 0.717) is 5.92 Å². The molecule has 1 aliphatic heterocycles. The fourth-order valence-electron chi connectivity index (χ4n) is 2.88. The summed E-state index contributed by atoms with van der Waals surface area (Å²) < 4.78 is 23.8. The van der Waals surface area contributed by atoms with Crippen molar-refractivity contribution in [2.24, 2.45) is 5.92 Å². The van der Waals surface area contributed by atoms with E-state index in [-0.39, 0.29) is 23.7 Å². The molecule has 5 heteroatoms. The number of hydrogen-bond donors (Lipinski definition) is 0. The van der Waals surface area contributed by atoms with Crippen molar-refractivity contribution in [1.82, 2.24) is 4.90 Å². The molecule has 0 amide bonds. The number of likely N-dealkylation sites (N-methyl/N-ethyl adjacent to an activating group) is 1. The zero-order valence-electron chi connectivity index (χ0n) is 10.2. The topological polar surface area (TPSA) is 37.4 Å². The SMILES string of the molecule is CN(C)C1C=CCC2C1S(=O)(=O)C2(C)C.Cl. The molecular formula is C11H20ClNO2S. The lowest BCUT2D eigenvalue weighted by molar-refractivity contribution is 0.214. The zero-order chi connectivity index (χ0) is 11.4. The molecule has 0 saturated carbocycles. The van der Waals surface area contributed by atoms with E-state index in [0.717, 1.165) is 6.42 Å². The van der Waals surface area contributed by atoms with Crippen LogP contribution >= 0.6 is 12.4 Å². The minimum Gasteiger partial charge on any atom is -0.302 e. The Balaban J connectivity index is 0.00000128. The van der Waals surface area contributed by atoms with Gasteiger partial charge in [-0.3, -0.25) is 0 Å². The highest BCUT2D eigenvalue weighted by Crippen LogP contribution is 2.51. The van der Waals surface area contributed by atoms with Gasteiger partial charge in [-0.05, 0) is 40.3 Å². The second-order valence-corrected chi connectivity index (χ2v) is 8.02. The van der Waals surface area contributed by atoms with Gasteiger partial charge in [0.1, 0.15) is 0 Å². The van der Waals surface area contributed by atoms with Crippen LogP contribution in [0.1, 0.15) is 20.3 Å². The number of rotatable bonds is 1. The van der Waals surface area contributed by atoms with Crippen molar-refractivity contribution in [3.8, 4) is 0 Å². The summed E-state index contributed by atoms with van der Waals surface area (Å²) in [5.41, 5.74) is 0. The van der Waals surface area contributed by atoms with Gasteiger partial charge in [0, 0.05) is 6.04 Å². The molecule has 1 saturated heterocycles. The van der Waals surface area contributed by atoms with E-state index in [9.17, 15) is 8.42 Å². The Morgan fingerprint density at radius 1 is 1.31 bits per heavy atom. The van der Waals surface area contributed by atoms with Gasteiger partial charge in [0.15, 0.2) is 9.84 Å². The summed E-state index contributed by atoms with van der Waals surface area (Å²) in [7, 11) is 0.938. The monoisotopic (exact) mass is 265 g/mol. The van der Waals surface area contributed by atoms with E-state index in [2.05, 4.69) is 6.08 Å². The second kappa shape index (κ2) is 4.00. The number of fused-ring (bicyclic) bond motifs is 1. The Bertz CT molecular complexity index is 400. The Morgan fingerprint density at radius 2 is 1.88 bits per heavy atom. The summed E-state index contributed by atoms with van der Waals surface area (Å²) in [6, 6.07) is 0.0572. The highest BCUT2D eigenvalue weighted by molar-refractivity contribution is 7.95. The minimum absolute atomic E-state index is 0. The lowest BCUT2D eigenvalue weighted by atomic mass is 9.80. The molecule has 3 nitrogen and oxygen atoms in total. The standard InChI is InChI=1S/C11H19NO2S.ClH/c1-11(2)8-6-5-7-9(12(3)4)10(8)15(11,13)14;/h5,7-10H,6H2,1-4H3;1H. The van der Waals surface area contributed by atoms with Gasteiger partial charge in [0.2, 0.25) is 0 Å². The van der Waals surface area contributed by atoms with Crippen molar-refractivity contribution in [3.05, 3.63) is 12.2 Å². The van der Waals surface area contributed by atoms with Gasteiger partial charge in [-0.15, -0.1) is 12.4 Å². The van der Waals surface area contributed by atoms with Crippen LogP contribution in [0.15, 0.2) is 12.2 Å². The van der Waals surface area contributed by atoms with Crippen molar-refractivity contribution in [2.45, 2.75) is 36.3 Å². The Kier molecular flexibility index (Phi) is 3.50. The molecule has 0 aromatic rings. The number of halogens is 1. The largest absolute Gasteiger partial charge is 0.302 e. The predicted octanol–water partition coefficient (Wildman–Crippen LogP) is 1.49. The highest BCUT2D eigenvalue weighted by Gasteiger charge is 2.64. The van der Waals surface area contributed by atoms with Crippen LogP contribution in [0, 0.1) is 5.92 Å². The van der Waals surface area contributed by atoms with Crippen molar-refractivity contribution < 1.29 is 8.42 Å². The molecule has 0 aromatic carbocycles. The van der Waals surface area contributed by atoms with Crippen LogP contribution in [-0.2, 0) is 9.84 Å². The summed E-state index contributed by atoms with van der Waals surface area (Å²) in [6.45, 7) is 3.71. The third-order valence-corrected chi connectivity index (χ3v) is 7.13. The highest BCUT2D eigenvalue weighted by atomic mass is 35.5. The fraction of sp³-hybridized carbons (Fsp3) is 0.818. The second-order valence-electron chi connectivity index (χ2n) is 5.34. The first-order chi connectivity index (χ1) is 6.80. The Hall–Kier alpha value is -0.0600. The van der Waals surface area contributed by atoms with Crippen LogP contribution in [-0.4, -0.2) is 43.5 Å². The first-order valence-electron chi connectivity index (χ1n) is 5.36. The molecule has 0 radical (unpaired) electrons. The Labute approximate surface area is 104 Å². The van der Waals surface area contributed by atoms with Crippen LogP contribution in [0.5, 0.6) is 0 Å². The summed E-state index contributed by atoms with van der Waals surface area (Å²) in [6.07, 6.45) is 5.07. The quantitative estimate of drug-likeness (QED) is 0.674. The number of allylic oxidation sites excluding steroid dienone is 1. The van der Waals surface area contributed by atoms with E-state index in [1.165, 1.54) is 0 Å². The maximum Gasteiger partial charge on any atom is 0.160 e. The molecule has 0 bridgehead atoms. The molecule has 3 atom stereocenters. The molecule has 2 aliphatic rings. The Morgan fingerprint density at radius 3 is 2.38 bits per heavy atom. The summed E-state index contributed by atoms with van der Waals surface area (Å²) >= 11 is 0. The average Bonchev–Trinajstić information content (AvgIpc) is 2.16. The van der Waals surface area contributed by atoms with Gasteiger partial charge in [0.05, 0.1) is 10.00 Å². The van der Waals surface area contributed by atoms with Gasteiger partial charge in [-0.1, -0.05) is 12.2 Å². The number of hydrogen-bond acceptors (Lipinski definition) is 3. The van der Waals surface area contributed by atoms with E-state index in [1.54, 1.807) is 0 Å². The van der Waals surface area contributed by atoms with Gasteiger partial charge in [-0.25, -0.2) is 8.42 Å². The lowest BCUT2D eigenvalue weighted by Gasteiger charge is -2.55. The number of nitrogens with zero attached hydrogens (tertiary/aromatic N) is 1. The van der Waals surface area contributed by atoms with Gasteiger partial charge < -0.3 is 4.90 Å². The molecule has 2 rings (SSSR count). The molecule has 0 aromatic heterocycles. The molecule has 0 N–H and O–H groups in total. The molecule has 1 heterocycles. The van der Waals surface area contributed by atoms with Crippen LogP contribution in [0.4, 0.5) is 0 Å². The predicted molar refractivity (Wildman–Crippen MR) is 68.8 cm³/mol. The molecule has 1 fully saturated rings. The smallest absolute Gasteiger partial charge is 0.160 e. The first kappa shape index (κ1) is 14.0. The summed E-state index contributed by atoms with van der Waals surface area (Å²) in [5, 5.41) is -0.188. The van der Waals surface area contributed by atoms with Gasteiger partial charge in [-0.2, -0.15) is 0 Å². The molecular weight excluding hydrogens is 246 g/mol. The van der Waals surface area contributed by atoms with E-state index in [1.807, 2.05) is 38.9 Å². The van der Waals surface area contributed by atoms with Gasteiger partial charge >= 0.3 is 0 Å². The fourth-order valence-corrected chi connectivity index (χ4v) is 5.61. The third-order valence-electron chi connectivity index (χ3n) is 4.04. The normalized spacial score (nSPS) is 38.4. The molecule has 1 aliphatic carbocycles. The van der Waals surface area contributed by atoms with Crippen molar-refractivity contribution in [2.75, 3.05) is 14.1 Å². The minimum atomic E-state index is -2.95. The lowest BCUT2D eigenvalue weighted by Crippen LogP contribution is -2.68. The average molecular weight is 266 g/mol. The molecule has 0 spiro atoms. The van der Waals surface area contributed by atoms with E-state index >= 15 is 0 Å². The summed E-state index contributed by atoms with van der Waals surface area (Å²) in [4.78, 5) is 2.00. The maximum absolute atomic E-state index is 12.2. The van der Waals surface area contributed by atoms with E-state index < -0.39 is 14.6 Å². The molecule has 94 valence electrons. The third kappa shape index (κ3) is 1.54. The van der Waals surface area contributed by atoms with Crippen LogP contribution in [0.2, 0.25) is 0 Å². The van der Waals surface area contributed by atoms with Crippen LogP contribution < -0.4 is 0 Å². The van der Waals surface area contributed by atoms with Crippen molar-refractivity contribution >= 4 is 22.2 Å². The van der Waals surface area contributed by atoms with Crippen molar-refractivity contribution in [1.29, 1.82) is 0 Å². The maximum atomic E-state index is 12.2. The van der Waals surface area contributed by atoms with Crippen LogP contribution in [0.3, 0.4) is 0 Å². The summed E-state index contributed by atoms with van der Waals surface area (Å²) in [5.74, 6) is 0.292.